The monoisotopic (exact) mass is 354 g/mol. The van der Waals surface area contributed by atoms with Crippen molar-refractivity contribution in [3.05, 3.63) is 28.2 Å². The van der Waals surface area contributed by atoms with Crippen LogP contribution in [0.25, 0.3) is 0 Å². The Hall–Kier alpha value is -0.580. The summed E-state index contributed by atoms with van der Waals surface area (Å²) in [4.78, 5) is 2.47. The summed E-state index contributed by atoms with van der Waals surface area (Å²) in [5.74, 6) is 1.74. The largest absolute Gasteiger partial charge is 0.496 e. The third-order valence-corrected chi connectivity index (χ3v) is 5.46. The maximum atomic E-state index is 6.07. The van der Waals surface area contributed by atoms with Crippen LogP contribution in [0, 0.1) is 5.92 Å². The molecule has 0 spiro atoms. The lowest BCUT2D eigenvalue weighted by Crippen LogP contribution is -2.40. The summed E-state index contributed by atoms with van der Waals surface area (Å²) in [6.45, 7) is 3.00. The molecule has 0 radical (unpaired) electrons. The zero-order valence-electron chi connectivity index (χ0n) is 13.3. The highest BCUT2D eigenvalue weighted by atomic mass is 79.9. The number of ether oxygens (including phenoxy) is 1. The fraction of sp³-hybridized carbons (Fsp3) is 0.647. The maximum Gasteiger partial charge on any atom is 0.133 e. The third kappa shape index (κ3) is 3.99. The molecular weight excluding hydrogens is 328 g/mol. The van der Waals surface area contributed by atoms with E-state index in [0.717, 1.165) is 16.1 Å². The van der Waals surface area contributed by atoms with Crippen LogP contribution in [0.5, 0.6) is 5.75 Å². The lowest BCUT2D eigenvalue weighted by Gasteiger charge is -2.38. The molecule has 1 aliphatic carbocycles. The number of nitrogens with two attached hydrogens (primary N) is 1. The van der Waals surface area contributed by atoms with Gasteiger partial charge in [0, 0.05) is 18.6 Å². The lowest BCUT2D eigenvalue weighted by molar-refractivity contribution is 0.126. The maximum absolute atomic E-state index is 6.07. The van der Waals surface area contributed by atoms with Gasteiger partial charge in [-0.2, -0.15) is 0 Å². The quantitative estimate of drug-likeness (QED) is 0.869. The van der Waals surface area contributed by atoms with Gasteiger partial charge in [0.05, 0.1) is 11.6 Å². The van der Waals surface area contributed by atoms with Gasteiger partial charge in [0.2, 0.25) is 0 Å². The van der Waals surface area contributed by atoms with E-state index in [0.29, 0.717) is 12.6 Å². The second kappa shape index (κ2) is 7.61. The molecule has 3 nitrogen and oxygen atoms in total. The Kier molecular flexibility index (Phi) is 6.08. The first kappa shape index (κ1) is 16.8. The van der Waals surface area contributed by atoms with Crippen molar-refractivity contribution in [3.8, 4) is 5.75 Å². The molecule has 2 rings (SSSR count). The molecule has 4 heteroatoms. The van der Waals surface area contributed by atoms with Crippen molar-refractivity contribution in [1.82, 2.24) is 4.90 Å². The van der Waals surface area contributed by atoms with Gasteiger partial charge < -0.3 is 10.5 Å². The van der Waals surface area contributed by atoms with Crippen LogP contribution in [0.1, 0.15) is 44.2 Å². The van der Waals surface area contributed by atoms with Crippen LogP contribution in [-0.2, 0) is 0 Å². The summed E-state index contributed by atoms with van der Waals surface area (Å²) in [5.41, 5.74) is 7.33. The fourth-order valence-electron chi connectivity index (χ4n) is 3.33. The van der Waals surface area contributed by atoms with Gasteiger partial charge in [-0.3, -0.25) is 4.90 Å². The van der Waals surface area contributed by atoms with Crippen LogP contribution < -0.4 is 10.5 Å². The highest BCUT2D eigenvalue weighted by molar-refractivity contribution is 9.10. The minimum absolute atomic E-state index is 0.269. The van der Waals surface area contributed by atoms with E-state index in [9.17, 15) is 0 Å². The molecule has 1 aromatic rings. The summed E-state index contributed by atoms with van der Waals surface area (Å²) in [6, 6.07) is 7.20. The molecule has 0 aliphatic heterocycles. The van der Waals surface area contributed by atoms with Crippen LogP contribution in [-0.4, -0.2) is 31.6 Å². The lowest BCUT2D eigenvalue weighted by atomic mass is 9.86. The van der Waals surface area contributed by atoms with Crippen molar-refractivity contribution in [2.24, 2.45) is 11.7 Å². The SMILES string of the molecule is COc1ccc(C(CN)N(C)C2CCC(C)CC2)cc1Br. The second-order valence-electron chi connectivity index (χ2n) is 6.22. The highest BCUT2D eigenvalue weighted by Gasteiger charge is 2.27. The molecule has 2 N–H and O–H groups in total. The van der Waals surface area contributed by atoms with E-state index in [1.165, 1.54) is 31.2 Å². The van der Waals surface area contributed by atoms with E-state index in [4.69, 9.17) is 10.5 Å². The van der Waals surface area contributed by atoms with E-state index in [2.05, 4.69) is 46.9 Å². The minimum Gasteiger partial charge on any atom is -0.496 e. The van der Waals surface area contributed by atoms with Gasteiger partial charge in [-0.1, -0.05) is 13.0 Å². The molecule has 1 atom stereocenters. The number of methoxy groups -OCH3 is 1. The Labute approximate surface area is 137 Å². The molecule has 0 heterocycles. The second-order valence-corrected chi connectivity index (χ2v) is 7.08. The molecule has 1 aromatic carbocycles. The van der Waals surface area contributed by atoms with E-state index < -0.39 is 0 Å². The Morgan fingerprint density at radius 1 is 1.33 bits per heavy atom. The van der Waals surface area contributed by atoms with E-state index in [1.54, 1.807) is 7.11 Å². The standard InChI is InChI=1S/C17H27BrN2O/c1-12-4-7-14(8-5-12)20(2)16(11-19)13-6-9-17(21-3)15(18)10-13/h6,9-10,12,14,16H,4-5,7-8,11,19H2,1-3H3. The minimum atomic E-state index is 0.269. The molecule has 21 heavy (non-hydrogen) atoms. The van der Waals surface area contributed by atoms with Crippen molar-refractivity contribution in [2.45, 2.75) is 44.7 Å². The van der Waals surface area contributed by atoms with Gasteiger partial charge in [-0.05, 0) is 72.3 Å². The topological polar surface area (TPSA) is 38.5 Å². The summed E-state index contributed by atoms with van der Waals surface area (Å²) in [7, 11) is 3.91. The molecule has 0 amide bonds. The van der Waals surface area contributed by atoms with E-state index in [1.807, 2.05) is 6.07 Å². The third-order valence-electron chi connectivity index (χ3n) is 4.84. The fourth-order valence-corrected chi connectivity index (χ4v) is 3.89. The molecule has 118 valence electrons. The zero-order valence-corrected chi connectivity index (χ0v) is 14.9. The number of hydrogen-bond acceptors (Lipinski definition) is 3. The Morgan fingerprint density at radius 2 is 2.00 bits per heavy atom. The Bertz CT molecular complexity index is 458. The number of halogens is 1. The average molecular weight is 355 g/mol. The van der Waals surface area contributed by atoms with Crippen molar-refractivity contribution in [3.63, 3.8) is 0 Å². The van der Waals surface area contributed by atoms with Crippen molar-refractivity contribution < 1.29 is 4.74 Å². The molecule has 1 fully saturated rings. The summed E-state index contributed by atoms with van der Waals surface area (Å²) >= 11 is 3.57. The normalized spacial score (nSPS) is 24.1. The average Bonchev–Trinajstić information content (AvgIpc) is 2.49. The van der Waals surface area contributed by atoms with Gasteiger partial charge in [0.15, 0.2) is 0 Å². The molecule has 0 bridgehead atoms. The van der Waals surface area contributed by atoms with Gasteiger partial charge in [0.25, 0.3) is 0 Å². The number of benzene rings is 1. The Morgan fingerprint density at radius 3 is 2.52 bits per heavy atom. The predicted octanol–water partition coefficient (Wildman–Crippen LogP) is 3.97. The van der Waals surface area contributed by atoms with Gasteiger partial charge >= 0.3 is 0 Å². The first-order valence-corrected chi connectivity index (χ1v) is 8.61. The van der Waals surface area contributed by atoms with E-state index >= 15 is 0 Å². The molecular formula is C17H27BrN2O. The van der Waals surface area contributed by atoms with Crippen LogP contribution >= 0.6 is 15.9 Å². The van der Waals surface area contributed by atoms with Crippen molar-refractivity contribution in [2.75, 3.05) is 20.7 Å². The summed E-state index contributed by atoms with van der Waals surface area (Å²) in [6.07, 6.45) is 5.23. The van der Waals surface area contributed by atoms with Crippen molar-refractivity contribution in [1.29, 1.82) is 0 Å². The van der Waals surface area contributed by atoms with Gasteiger partial charge in [-0.25, -0.2) is 0 Å². The molecule has 0 aromatic heterocycles. The van der Waals surface area contributed by atoms with Crippen LogP contribution in [0.4, 0.5) is 0 Å². The van der Waals surface area contributed by atoms with Crippen LogP contribution in [0.3, 0.4) is 0 Å². The molecule has 0 saturated heterocycles. The molecule has 1 unspecified atom stereocenters. The Balaban J connectivity index is 2.13. The molecule has 1 saturated carbocycles. The molecule has 1 aliphatic rings. The smallest absolute Gasteiger partial charge is 0.133 e. The van der Waals surface area contributed by atoms with Gasteiger partial charge in [-0.15, -0.1) is 0 Å². The number of nitrogens with zero attached hydrogens (tertiary/aromatic N) is 1. The van der Waals surface area contributed by atoms with Gasteiger partial charge in [0.1, 0.15) is 5.75 Å². The first-order chi connectivity index (χ1) is 10.1. The van der Waals surface area contributed by atoms with Crippen molar-refractivity contribution >= 4 is 15.9 Å². The van der Waals surface area contributed by atoms with E-state index in [-0.39, 0.29) is 6.04 Å². The first-order valence-electron chi connectivity index (χ1n) is 7.82. The zero-order chi connectivity index (χ0) is 15.4. The predicted molar refractivity (Wildman–Crippen MR) is 91.7 cm³/mol. The van der Waals surface area contributed by atoms with Crippen LogP contribution in [0.2, 0.25) is 0 Å². The number of rotatable bonds is 5. The number of likely N-dealkylation sites (N-methyl/N-ethyl adjacent to an activating group) is 1. The summed E-state index contributed by atoms with van der Waals surface area (Å²) < 4.78 is 6.30. The highest BCUT2D eigenvalue weighted by Crippen LogP contribution is 2.33. The number of hydrogen-bond donors (Lipinski definition) is 1. The summed E-state index contributed by atoms with van der Waals surface area (Å²) in [5, 5.41) is 0. The van der Waals surface area contributed by atoms with Crippen LogP contribution in [0.15, 0.2) is 22.7 Å².